The molecule has 1 aliphatic carbocycles. The number of aryl methyl sites for hydroxylation is 1. The fraction of sp³-hybridized carbons (Fsp3) is 0.0968. The molecule has 2 aliphatic rings. The Bertz CT molecular complexity index is 1930. The van der Waals surface area contributed by atoms with E-state index in [0.29, 0.717) is 36.5 Å². The van der Waals surface area contributed by atoms with Crippen LogP contribution < -0.4 is 14.9 Å². The Morgan fingerprint density at radius 2 is 1.74 bits per heavy atom. The molecule has 4 nitrogen and oxygen atoms in total. The summed E-state index contributed by atoms with van der Waals surface area (Å²) in [6.45, 7) is 0. The van der Waals surface area contributed by atoms with Crippen LogP contribution in [-0.2, 0) is 6.42 Å². The molecule has 38 heavy (non-hydrogen) atoms. The predicted molar refractivity (Wildman–Crippen MR) is 153 cm³/mol. The van der Waals surface area contributed by atoms with Gasteiger partial charge in [0.2, 0.25) is 0 Å². The van der Waals surface area contributed by atoms with Crippen LogP contribution in [0.15, 0.2) is 105 Å². The van der Waals surface area contributed by atoms with Gasteiger partial charge in [0, 0.05) is 22.2 Å². The van der Waals surface area contributed by atoms with E-state index in [1.165, 1.54) is 22.5 Å². The van der Waals surface area contributed by atoms with Crippen molar-refractivity contribution in [3.8, 4) is 11.3 Å². The number of hydrogen-bond donors (Lipinski definition) is 0. The second-order valence-electron chi connectivity index (χ2n) is 9.35. The van der Waals surface area contributed by atoms with E-state index in [-0.39, 0.29) is 11.6 Å². The first kappa shape index (κ1) is 23.5. The summed E-state index contributed by atoms with van der Waals surface area (Å²) in [7, 11) is 0. The molecule has 7 heteroatoms. The monoisotopic (exact) mass is 554 g/mol. The number of thiazole rings is 1. The summed E-state index contributed by atoms with van der Waals surface area (Å²) in [5, 5.41) is 1.12. The Morgan fingerprint density at radius 1 is 0.921 bits per heavy atom. The van der Waals surface area contributed by atoms with Gasteiger partial charge in [-0.25, -0.2) is 4.99 Å². The molecule has 0 unspecified atom stereocenters. The van der Waals surface area contributed by atoms with E-state index in [9.17, 15) is 4.79 Å². The highest BCUT2D eigenvalue weighted by atomic mass is 35.5. The Labute approximate surface area is 232 Å². The summed E-state index contributed by atoms with van der Waals surface area (Å²) in [6, 6.07) is 27.4. The molecule has 1 aliphatic heterocycles. The van der Waals surface area contributed by atoms with Gasteiger partial charge in [-0.15, -0.1) is 0 Å². The van der Waals surface area contributed by atoms with Crippen LogP contribution in [0.2, 0.25) is 10.0 Å². The maximum atomic E-state index is 13.9. The van der Waals surface area contributed by atoms with Crippen LogP contribution in [0.1, 0.15) is 34.9 Å². The summed E-state index contributed by atoms with van der Waals surface area (Å²) in [5.74, 6) is 1.15. The fourth-order valence-corrected chi connectivity index (χ4v) is 6.71. The van der Waals surface area contributed by atoms with Gasteiger partial charge >= 0.3 is 0 Å². The maximum Gasteiger partial charge on any atom is 0.271 e. The normalized spacial score (nSPS) is 16.6. The molecule has 0 amide bonds. The zero-order valence-corrected chi connectivity index (χ0v) is 22.4. The molecule has 3 aromatic carbocycles. The van der Waals surface area contributed by atoms with E-state index in [2.05, 4.69) is 36.4 Å². The number of benzene rings is 3. The molecule has 0 bridgehead atoms. The molecule has 186 valence electrons. The molecule has 1 atom stereocenters. The summed E-state index contributed by atoms with van der Waals surface area (Å²) in [4.78, 5) is 19.6. The number of nitrogens with zero attached hydrogens (tertiary/aromatic N) is 2. The van der Waals surface area contributed by atoms with Crippen LogP contribution in [0, 0.1) is 0 Å². The minimum Gasteiger partial charge on any atom is -0.457 e. The first-order valence-corrected chi connectivity index (χ1v) is 13.9. The van der Waals surface area contributed by atoms with E-state index in [1.54, 1.807) is 24.3 Å². The van der Waals surface area contributed by atoms with Crippen molar-refractivity contribution in [3.05, 3.63) is 143 Å². The van der Waals surface area contributed by atoms with Gasteiger partial charge in [-0.3, -0.25) is 9.36 Å². The second-order valence-corrected chi connectivity index (χ2v) is 11.2. The van der Waals surface area contributed by atoms with Crippen molar-refractivity contribution in [3.63, 3.8) is 0 Å². The van der Waals surface area contributed by atoms with Crippen molar-refractivity contribution in [1.29, 1.82) is 0 Å². The van der Waals surface area contributed by atoms with Gasteiger partial charge in [-0.1, -0.05) is 89.1 Å². The molecule has 3 heterocycles. The molecule has 2 aromatic heterocycles. The smallest absolute Gasteiger partial charge is 0.271 e. The maximum absolute atomic E-state index is 13.9. The minimum absolute atomic E-state index is 0.0771. The summed E-state index contributed by atoms with van der Waals surface area (Å²) >= 11 is 13.9. The van der Waals surface area contributed by atoms with Crippen molar-refractivity contribution in [1.82, 2.24) is 4.57 Å². The van der Waals surface area contributed by atoms with E-state index in [4.69, 9.17) is 32.6 Å². The standard InChI is InChI=1S/C31H20Cl2N2O2S/c32-20-11-14-25(33)24(16-20)26-15-12-21(37-26)17-27-30(36)35-29(19-7-2-1-3-8-19)23-13-10-18-6-4-5-9-22(18)28(23)34-31(35)38-27/h1-9,11-12,14-17,29H,10,13H2/b27-17+/t29-/m1/s1. The molecule has 0 fully saturated rings. The number of fused-ring (bicyclic) bond motifs is 3. The fourth-order valence-electron chi connectivity index (χ4n) is 5.35. The molecular formula is C31H20Cl2N2O2S. The first-order chi connectivity index (χ1) is 18.6. The van der Waals surface area contributed by atoms with Gasteiger partial charge in [-0.2, -0.15) is 0 Å². The second kappa shape index (κ2) is 9.28. The molecule has 0 saturated heterocycles. The van der Waals surface area contributed by atoms with Crippen LogP contribution in [-0.4, -0.2) is 4.57 Å². The van der Waals surface area contributed by atoms with E-state index in [0.717, 1.165) is 29.7 Å². The number of rotatable bonds is 3. The Kier molecular flexibility index (Phi) is 5.73. The Balaban J connectivity index is 1.40. The number of furan rings is 1. The molecule has 0 radical (unpaired) electrons. The summed E-state index contributed by atoms with van der Waals surface area (Å²) < 4.78 is 8.48. The molecular weight excluding hydrogens is 535 g/mol. The van der Waals surface area contributed by atoms with Crippen molar-refractivity contribution in [2.75, 3.05) is 0 Å². The quantitative estimate of drug-likeness (QED) is 0.244. The zero-order chi connectivity index (χ0) is 25.8. The average molecular weight is 555 g/mol. The van der Waals surface area contributed by atoms with Gasteiger partial charge < -0.3 is 4.42 Å². The lowest BCUT2D eigenvalue weighted by Crippen LogP contribution is -2.38. The first-order valence-electron chi connectivity index (χ1n) is 12.3. The molecule has 7 rings (SSSR count). The van der Waals surface area contributed by atoms with Crippen LogP contribution >= 0.6 is 34.5 Å². The Hall–Kier alpha value is -3.64. The number of halogens is 2. The Morgan fingerprint density at radius 3 is 2.61 bits per heavy atom. The van der Waals surface area contributed by atoms with Gasteiger partial charge in [-0.05, 0) is 59.9 Å². The number of aromatic nitrogens is 1. The average Bonchev–Trinajstić information content (AvgIpc) is 3.53. The third-order valence-electron chi connectivity index (χ3n) is 7.08. The summed E-state index contributed by atoms with van der Waals surface area (Å²) in [6.07, 6.45) is 3.57. The van der Waals surface area contributed by atoms with Gasteiger partial charge in [0.25, 0.3) is 5.56 Å². The minimum atomic E-state index is -0.199. The molecule has 0 N–H and O–H groups in total. The molecule has 5 aromatic rings. The van der Waals surface area contributed by atoms with Crippen molar-refractivity contribution >= 4 is 46.3 Å². The zero-order valence-electron chi connectivity index (χ0n) is 20.0. The predicted octanol–water partition coefficient (Wildman–Crippen LogP) is 6.89. The third kappa shape index (κ3) is 3.90. The lowest BCUT2D eigenvalue weighted by molar-refractivity contribution is 0.570. The molecule has 0 spiro atoms. The third-order valence-corrected chi connectivity index (χ3v) is 8.63. The lowest BCUT2D eigenvalue weighted by atomic mass is 9.83. The van der Waals surface area contributed by atoms with E-state index >= 15 is 0 Å². The van der Waals surface area contributed by atoms with Crippen LogP contribution in [0.25, 0.3) is 23.1 Å². The number of allylic oxidation sites excluding steroid dienone is 1. The van der Waals surface area contributed by atoms with Crippen LogP contribution in [0.4, 0.5) is 0 Å². The van der Waals surface area contributed by atoms with Gasteiger partial charge in [0.05, 0.1) is 21.3 Å². The lowest BCUT2D eigenvalue weighted by Gasteiger charge is -2.30. The molecule has 0 saturated carbocycles. The van der Waals surface area contributed by atoms with Gasteiger partial charge in [0.1, 0.15) is 11.5 Å². The highest BCUT2D eigenvalue weighted by molar-refractivity contribution is 7.07. The summed E-state index contributed by atoms with van der Waals surface area (Å²) in [5.41, 5.74) is 6.33. The highest BCUT2D eigenvalue weighted by Crippen LogP contribution is 2.41. The SMILES string of the molecule is O=c1/c(=C\c2ccc(-c3cc(Cl)ccc3Cl)o2)sc2n1[C@H](c1ccccc1)C1=C(N=2)c2ccccc2CC1. The van der Waals surface area contributed by atoms with Crippen LogP contribution in [0.5, 0.6) is 0 Å². The van der Waals surface area contributed by atoms with Crippen molar-refractivity contribution in [2.24, 2.45) is 4.99 Å². The van der Waals surface area contributed by atoms with E-state index in [1.807, 2.05) is 34.9 Å². The number of hydrogen-bond acceptors (Lipinski definition) is 4. The topological polar surface area (TPSA) is 47.5 Å². The van der Waals surface area contributed by atoms with Crippen molar-refractivity contribution in [2.45, 2.75) is 18.9 Å². The largest absolute Gasteiger partial charge is 0.457 e. The van der Waals surface area contributed by atoms with E-state index < -0.39 is 0 Å². The van der Waals surface area contributed by atoms with Gasteiger partial charge in [0.15, 0.2) is 4.80 Å². The highest BCUT2D eigenvalue weighted by Gasteiger charge is 2.32. The van der Waals surface area contributed by atoms with Crippen LogP contribution in [0.3, 0.4) is 0 Å². The van der Waals surface area contributed by atoms with Crippen molar-refractivity contribution < 1.29 is 4.42 Å².